The van der Waals surface area contributed by atoms with Crippen LogP contribution in [0.1, 0.15) is 32.6 Å². The molecule has 5 nitrogen and oxygen atoms in total. The smallest absolute Gasteiger partial charge is 0.331 e. The second kappa shape index (κ2) is 6.69. The van der Waals surface area contributed by atoms with Crippen molar-refractivity contribution in [1.29, 1.82) is 0 Å². The molecule has 1 aromatic heterocycles. The van der Waals surface area contributed by atoms with Gasteiger partial charge in [-0.05, 0) is 48.3 Å². The van der Waals surface area contributed by atoms with Crippen LogP contribution in [0.4, 0.5) is 0 Å². The van der Waals surface area contributed by atoms with E-state index in [0.29, 0.717) is 16.7 Å². The Morgan fingerprint density at radius 2 is 2.21 bits per heavy atom. The van der Waals surface area contributed by atoms with E-state index in [1.807, 2.05) is 29.5 Å². The van der Waals surface area contributed by atoms with Gasteiger partial charge in [0.1, 0.15) is 0 Å². The summed E-state index contributed by atoms with van der Waals surface area (Å²) in [4.78, 5) is 24.3. The van der Waals surface area contributed by atoms with Gasteiger partial charge in [0.15, 0.2) is 0 Å². The standard InChI is InChI=1S/C13H19IN2O3/c1-2-6-15-9-11(14)12(17)16(13(15)18)7-5-10-4-3-8-19-10/h9-10H,2-8H2,1H3. The highest BCUT2D eigenvalue weighted by atomic mass is 127. The van der Waals surface area contributed by atoms with Crippen LogP contribution in [0.3, 0.4) is 0 Å². The first-order valence-electron chi connectivity index (χ1n) is 6.75. The van der Waals surface area contributed by atoms with Gasteiger partial charge in [0.2, 0.25) is 0 Å². The van der Waals surface area contributed by atoms with Crippen LogP contribution in [0.2, 0.25) is 0 Å². The lowest BCUT2D eigenvalue weighted by atomic mass is 10.2. The summed E-state index contributed by atoms with van der Waals surface area (Å²) in [6.45, 7) is 3.91. The van der Waals surface area contributed by atoms with Crippen LogP contribution in [0.15, 0.2) is 15.8 Å². The number of rotatable bonds is 5. The van der Waals surface area contributed by atoms with Gasteiger partial charge in [0.25, 0.3) is 5.56 Å². The first-order valence-corrected chi connectivity index (χ1v) is 7.82. The number of hydrogen-bond acceptors (Lipinski definition) is 3. The lowest BCUT2D eigenvalue weighted by molar-refractivity contribution is 0.0996. The van der Waals surface area contributed by atoms with Crippen molar-refractivity contribution in [2.45, 2.75) is 51.8 Å². The molecule has 2 heterocycles. The molecule has 0 spiro atoms. The first kappa shape index (κ1) is 14.8. The predicted octanol–water partition coefficient (Wildman–Crippen LogP) is 1.59. The zero-order chi connectivity index (χ0) is 13.8. The fourth-order valence-corrected chi connectivity index (χ4v) is 2.99. The maximum absolute atomic E-state index is 12.2. The summed E-state index contributed by atoms with van der Waals surface area (Å²) in [5, 5.41) is 0. The Morgan fingerprint density at radius 1 is 1.42 bits per heavy atom. The summed E-state index contributed by atoms with van der Waals surface area (Å²) in [5.74, 6) is 0. The third-order valence-corrected chi connectivity index (χ3v) is 4.10. The molecule has 1 aromatic rings. The average molecular weight is 378 g/mol. The topological polar surface area (TPSA) is 53.2 Å². The third kappa shape index (κ3) is 3.47. The van der Waals surface area contributed by atoms with Crippen molar-refractivity contribution in [1.82, 2.24) is 9.13 Å². The van der Waals surface area contributed by atoms with E-state index in [-0.39, 0.29) is 17.4 Å². The summed E-state index contributed by atoms with van der Waals surface area (Å²) in [6.07, 6.45) is 5.57. The molecule has 0 aromatic carbocycles. The van der Waals surface area contributed by atoms with Crippen LogP contribution in [-0.4, -0.2) is 21.8 Å². The van der Waals surface area contributed by atoms with Crippen LogP contribution in [0.25, 0.3) is 0 Å². The second-order valence-corrected chi connectivity index (χ2v) is 6.00. The highest BCUT2D eigenvalue weighted by Gasteiger charge is 2.17. The second-order valence-electron chi connectivity index (χ2n) is 4.83. The van der Waals surface area contributed by atoms with Gasteiger partial charge in [0, 0.05) is 25.9 Å². The van der Waals surface area contributed by atoms with Gasteiger partial charge in [-0.1, -0.05) is 6.92 Å². The minimum Gasteiger partial charge on any atom is -0.378 e. The Kier molecular flexibility index (Phi) is 5.20. The number of halogens is 1. The lowest BCUT2D eigenvalue weighted by Crippen LogP contribution is -2.41. The molecule has 0 aliphatic carbocycles. The maximum atomic E-state index is 12.2. The maximum Gasteiger partial charge on any atom is 0.331 e. The van der Waals surface area contributed by atoms with E-state index in [1.165, 1.54) is 4.57 Å². The van der Waals surface area contributed by atoms with Crippen molar-refractivity contribution in [2.24, 2.45) is 0 Å². The molecular weight excluding hydrogens is 359 g/mol. The summed E-state index contributed by atoms with van der Waals surface area (Å²) in [5.41, 5.74) is -0.388. The van der Waals surface area contributed by atoms with Gasteiger partial charge in [-0.2, -0.15) is 0 Å². The van der Waals surface area contributed by atoms with Crippen LogP contribution in [0, 0.1) is 3.57 Å². The largest absolute Gasteiger partial charge is 0.378 e. The van der Waals surface area contributed by atoms with Crippen LogP contribution < -0.4 is 11.2 Å². The molecule has 0 bridgehead atoms. The molecule has 0 radical (unpaired) electrons. The summed E-state index contributed by atoms with van der Waals surface area (Å²) in [6, 6.07) is 0. The Balaban J connectivity index is 2.22. The summed E-state index contributed by atoms with van der Waals surface area (Å²) in [7, 11) is 0. The minimum absolute atomic E-state index is 0.184. The molecule has 106 valence electrons. The Bertz CT molecular complexity index is 544. The van der Waals surface area contributed by atoms with Gasteiger partial charge < -0.3 is 4.74 Å². The van der Waals surface area contributed by atoms with Gasteiger partial charge >= 0.3 is 5.69 Å². The third-order valence-electron chi connectivity index (χ3n) is 3.36. The van der Waals surface area contributed by atoms with E-state index < -0.39 is 0 Å². The van der Waals surface area contributed by atoms with Gasteiger partial charge in [-0.15, -0.1) is 0 Å². The van der Waals surface area contributed by atoms with Crippen LogP contribution in [0.5, 0.6) is 0 Å². The molecular formula is C13H19IN2O3. The summed E-state index contributed by atoms with van der Waals surface area (Å²) >= 11 is 2.00. The number of aryl methyl sites for hydroxylation is 1. The molecule has 1 aliphatic rings. The fourth-order valence-electron chi connectivity index (χ4n) is 2.36. The van der Waals surface area contributed by atoms with Gasteiger partial charge in [-0.25, -0.2) is 4.79 Å². The van der Waals surface area contributed by atoms with Crippen molar-refractivity contribution < 1.29 is 4.74 Å². The quantitative estimate of drug-likeness (QED) is 0.732. The normalized spacial score (nSPS) is 18.9. The van der Waals surface area contributed by atoms with Crippen molar-refractivity contribution >= 4 is 22.6 Å². The molecule has 2 rings (SSSR count). The zero-order valence-corrected chi connectivity index (χ0v) is 13.3. The molecule has 1 fully saturated rings. The number of aromatic nitrogens is 2. The van der Waals surface area contributed by atoms with E-state index in [1.54, 1.807) is 10.8 Å². The Morgan fingerprint density at radius 3 is 2.84 bits per heavy atom. The van der Waals surface area contributed by atoms with E-state index >= 15 is 0 Å². The molecule has 19 heavy (non-hydrogen) atoms. The van der Waals surface area contributed by atoms with Crippen LogP contribution >= 0.6 is 22.6 Å². The lowest BCUT2D eigenvalue weighted by Gasteiger charge is -2.13. The Hall–Kier alpha value is -0.630. The highest BCUT2D eigenvalue weighted by molar-refractivity contribution is 14.1. The molecule has 0 amide bonds. The van der Waals surface area contributed by atoms with E-state index in [0.717, 1.165) is 32.3 Å². The number of ether oxygens (including phenoxy) is 1. The Labute approximate surface area is 125 Å². The number of nitrogens with zero attached hydrogens (tertiary/aromatic N) is 2. The zero-order valence-electron chi connectivity index (χ0n) is 11.1. The average Bonchev–Trinajstić information content (AvgIpc) is 2.89. The van der Waals surface area contributed by atoms with E-state index in [9.17, 15) is 9.59 Å². The fraction of sp³-hybridized carbons (Fsp3) is 0.692. The molecule has 0 N–H and O–H groups in total. The molecule has 1 unspecified atom stereocenters. The molecule has 1 aliphatic heterocycles. The first-order chi connectivity index (χ1) is 9.13. The van der Waals surface area contributed by atoms with Crippen molar-refractivity contribution in [3.8, 4) is 0 Å². The molecule has 1 atom stereocenters. The van der Waals surface area contributed by atoms with Crippen molar-refractivity contribution in [3.63, 3.8) is 0 Å². The highest BCUT2D eigenvalue weighted by Crippen LogP contribution is 2.15. The van der Waals surface area contributed by atoms with E-state index in [2.05, 4.69) is 0 Å². The predicted molar refractivity (Wildman–Crippen MR) is 81.6 cm³/mol. The van der Waals surface area contributed by atoms with Gasteiger partial charge in [-0.3, -0.25) is 13.9 Å². The SMILES string of the molecule is CCCn1cc(I)c(=O)n(CCC2CCCO2)c1=O. The number of hydrogen-bond donors (Lipinski definition) is 0. The minimum atomic E-state index is -0.203. The van der Waals surface area contributed by atoms with Crippen molar-refractivity contribution in [3.05, 3.63) is 30.6 Å². The molecule has 1 saturated heterocycles. The van der Waals surface area contributed by atoms with Crippen LogP contribution in [-0.2, 0) is 17.8 Å². The molecule has 0 saturated carbocycles. The van der Waals surface area contributed by atoms with E-state index in [4.69, 9.17) is 4.74 Å². The summed E-state index contributed by atoms with van der Waals surface area (Å²) < 4.78 is 9.10. The van der Waals surface area contributed by atoms with Gasteiger partial charge in [0.05, 0.1) is 9.67 Å². The monoisotopic (exact) mass is 378 g/mol. The van der Waals surface area contributed by atoms with Crippen molar-refractivity contribution in [2.75, 3.05) is 6.61 Å². The molecule has 6 heteroatoms.